The standard InChI is InChI=1S/C18H17ClN2O2S/c1-12(24-11-17(22)13-5-3-2-4-6-13)18(23)21-15-8-7-14(10-20)16(19)9-15/h2-9,12,17,22H,11H2,1H3,(H,21,23). The number of rotatable bonds is 6. The summed E-state index contributed by atoms with van der Waals surface area (Å²) in [4.78, 5) is 12.2. The molecule has 1 amide bonds. The van der Waals surface area contributed by atoms with Crippen LogP contribution in [0.25, 0.3) is 0 Å². The maximum Gasteiger partial charge on any atom is 0.237 e. The molecule has 0 aliphatic rings. The first kappa shape index (κ1) is 18.3. The summed E-state index contributed by atoms with van der Waals surface area (Å²) < 4.78 is 0. The maximum absolute atomic E-state index is 12.2. The SMILES string of the molecule is CC(SCC(O)c1ccccc1)C(=O)Nc1ccc(C#N)c(Cl)c1. The third-order valence-electron chi connectivity index (χ3n) is 3.41. The molecule has 2 unspecified atom stereocenters. The first-order valence-corrected chi connectivity index (χ1v) is 8.79. The summed E-state index contributed by atoms with van der Waals surface area (Å²) in [5, 5.41) is 21.7. The number of aliphatic hydroxyl groups excluding tert-OH is 1. The Bertz CT molecular complexity index is 746. The van der Waals surface area contributed by atoms with Crippen molar-refractivity contribution in [2.24, 2.45) is 0 Å². The molecule has 2 rings (SSSR count). The zero-order valence-electron chi connectivity index (χ0n) is 13.1. The summed E-state index contributed by atoms with van der Waals surface area (Å²) >= 11 is 7.32. The van der Waals surface area contributed by atoms with Gasteiger partial charge < -0.3 is 10.4 Å². The number of carbonyl (C=O) groups is 1. The fourth-order valence-corrected chi connectivity index (χ4v) is 3.11. The number of anilines is 1. The zero-order chi connectivity index (χ0) is 17.5. The van der Waals surface area contributed by atoms with Gasteiger partial charge in [-0.2, -0.15) is 5.26 Å². The van der Waals surface area contributed by atoms with Crippen molar-refractivity contribution in [2.45, 2.75) is 18.3 Å². The van der Waals surface area contributed by atoms with Crippen molar-refractivity contribution < 1.29 is 9.90 Å². The van der Waals surface area contributed by atoms with E-state index in [1.807, 2.05) is 36.4 Å². The Kier molecular flexibility index (Phi) is 6.68. The molecule has 0 saturated carbocycles. The Morgan fingerprint density at radius 2 is 2.04 bits per heavy atom. The highest BCUT2D eigenvalue weighted by molar-refractivity contribution is 8.00. The number of nitriles is 1. The number of halogens is 1. The Morgan fingerprint density at radius 3 is 2.67 bits per heavy atom. The van der Waals surface area contributed by atoms with Gasteiger partial charge in [0.05, 0.1) is 21.9 Å². The molecule has 0 heterocycles. The highest BCUT2D eigenvalue weighted by Gasteiger charge is 2.17. The average Bonchev–Trinajstić information content (AvgIpc) is 2.60. The molecule has 24 heavy (non-hydrogen) atoms. The summed E-state index contributed by atoms with van der Waals surface area (Å²) in [5.41, 5.74) is 1.74. The molecule has 6 heteroatoms. The second-order valence-corrected chi connectivity index (χ2v) is 6.98. The average molecular weight is 361 g/mol. The van der Waals surface area contributed by atoms with Crippen molar-refractivity contribution in [2.75, 3.05) is 11.1 Å². The van der Waals surface area contributed by atoms with Crippen LogP contribution in [0.1, 0.15) is 24.2 Å². The first-order valence-electron chi connectivity index (χ1n) is 7.36. The lowest BCUT2D eigenvalue weighted by molar-refractivity contribution is -0.115. The number of amides is 1. The van der Waals surface area contributed by atoms with Gasteiger partial charge in [0.15, 0.2) is 0 Å². The second kappa shape index (κ2) is 8.74. The molecule has 0 spiro atoms. The third kappa shape index (κ3) is 5.00. The topological polar surface area (TPSA) is 73.1 Å². The predicted molar refractivity (Wildman–Crippen MR) is 98.1 cm³/mol. The molecule has 124 valence electrons. The Balaban J connectivity index is 1.88. The number of thioether (sulfide) groups is 1. The van der Waals surface area contributed by atoms with Crippen LogP contribution in [-0.4, -0.2) is 22.0 Å². The van der Waals surface area contributed by atoms with Crippen LogP contribution in [-0.2, 0) is 4.79 Å². The smallest absolute Gasteiger partial charge is 0.237 e. The Morgan fingerprint density at radius 1 is 1.33 bits per heavy atom. The molecule has 0 fully saturated rings. The van der Waals surface area contributed by atoms with E-state index in [9.17, 15) is 9.90 Å². The molecule has 0 aliphatic heterocycles. The number of aliphatic hydroxyl groups is 1. The molecular formula is C18H17ClN2O2S. The molecule has 2 atom stereocenters. The van der Waals surface area contributed by atoms with Crippen LogP contribution in [0.4, 0.5) is 5.69 Å². The first-order chi connectivity index (χ1) is 11.5. The number of nitrogens with one attached hydrogen (secondary N) is 1. The van der Waals surface area contributed by atoms with Gasteiger partial charge in [-0.15, -0.1) is 11.8 Å². The molecule has 0 aliphatic carbocycles. The molecule has 0 aromatic heterocycles. The molecule has 2 aromatic carbocycles. The minimum atomic E-state index is -0.615. The summed E-state index contributed by atoms with van der Waals surface area (Å²) in [6.45, 7) is 1.78. The lowest BCUT2D eigenvalue weighted by Gasteiger charge is -2.15. The van der Waals surface area contributed by atoms with E-state index in [1.54, 1.807) is 25.1 Å². The Hall–Kier alpha value is -2.00. The third-order valence-corrected chi connectivity index (χ3v) is 4.95. The number of nitrogens with zero attached hydrogens (tertiary/aromatic N) is 1. The molecular weight excluding hydrogens is 344 g/mol. The van der Waals surface area contributed by atoms with Gasteiger partial charge in [-0.25, -0.2) is 0 Å². The number of carbonyl (C=O) groups excluding carboxylic acids is 1. The van der Waals surface area contributed by atoms with E-state index in [4.69, 9.17) is 16.9 Å². The van der Waals surface area contributed by atoms with Crippen molar-refractivity contribution in [1.82, 2.24) is 0 Å². The highest BCUT2D eigenvalue weighted by Crippen LogP contribution is 2.24. The minimum Gasteiger partial charge on any atom is -0.388 e. The summed E-state index contributed by atoms with van der Waals surface area (Å²) in [7, 11) is 0. The maximum atomic E-state index is 12.2. The van der Waals surface area contributed by atoms with Crippen molar-refractivity contribution in [1.29, 1.82) is 5.26 Å². The van der Waals surface area contributed by atoms with Crippen LogP contribution in [0, 0.1) is 11.3 Å². The highest BCUT2D eigenvalue weighted by atomic mass is 35.5. The Labute approximate surface area is 150 Å². The fourth-order valence-electron chi connectivity index (χ4n) is 2.01. The lowest BCUT2D eigenvalue weighted by Crippen LogP contribution is -2.23. The lowest BCUT2D eigenvalue weighted by atomic mass is 10.1. The van der Waals surface area contributed by atoms with Crippen LogP contribution in [0.2, 0.25) is 5.02 Å². The van der Waals surface area contributed by atoms with Gasteiger partial charge in [0, 0.05) is 11.4 Å². The summed E-state index contributed by atoms with van der Waals surface area (Å²) in [6.07, 6.45) is -0.615. The van der Waals surface area contributed by atoms with Gasteiger partial charge in [0.25, 0.3) is 0 Å². The van der Waals surface area contributed by atoms with Gasteiger partial charge >= 0.3 is 0 Å². The van der Waals surface area contributed by atoms with Gasteiger partial charge in [-0.3, -0.25) is 4.79 Å². The molecule has 2 N–H and O–H groups in total. The molecule has 2 aromatic rings. The molecule has 0 radical (unpaired) electrons. The van der Waals surface area contributed by atoms with Gasteiger partial charge in [0.1, 0.15) is 6.07 Å². The van der Waals surface area contributed by atoms with E-state index >= 15 is 0 Å². The normalized spacial score (nSPS) is 12.9. The predicted octanol–water partition coefficient (Wildman–Crippen LogP) is 4.01. The van der Waals surface area contributed by atoms with Gasteiger partial charge in [-0.05, 0) is 30.7 Å². The van der Waals surface area contributed by atoms with E-state index in [-0.39, 0.29) is 11.2 Å². The van der Waals surface area contributed by atoms with Crippen LogP contribution in [0.3, 0.4) is 0 Å². The van der Waals surface area contributed by atoms with Crippen molar-refractivity contribution in [3.63, 3.8) is 0 Å². The van der Waals surface area contributed by atoms with Crippen LogP contribution < -0.4 is 5.32 Å². The van der Waals surface area contributed by atoms with E-state index < -0.39 is 6.10 Å². The molecule has 0 bridgehead atoms. The summed E-state index contributed by atoms with van der Waals surface area (Å²) in [6, 6.07) is 16.1. The monoisotopic (exact) mass is 360 g/mol. The second-order valence-electron chi connectivity index (χ2n) is 5.20. The number of hydrogen-bond acceptors (Lipinski definition) is 4. The van der Waals surface area contributed by atoms with E-state index in [0.29, 0.717) is 22.0 Å². The quantitative estimate of drug-likeness (QED) is 0.816. The van der Waals surface area contributed by atoms with Gasteiger partial charge in [0.2, 0.25) is 5.91 Å². The van der Waals surface area contributed by atoms with E-state index in [2.05, 4.69) is 5.32 Å². The largest absolute Gasteiger partial charge is 0.388 e. The number of benzene rings is 2. The van der Waals surface area contributed by atoms with E-state index in [0.717, 1.165) is 5.56 Å². The van der Waals surface area contributed by atoms with Crippen LogP contribution >= 0.6 is 23.4 Å². The van der Waals surface area contributed by atoms with Crippen molar-refractivity contribution in [3.8, 4) is 6.07 Å². The van der Waals surface area contributed by atoms with Crippen molar-refractivity contribution >= 4 is 35.0 Å². The van der Waals surface area contributed by atoms with Crippen LogP contribution in [0.15, 0.2) is 48.5 Å². The van der Waals surface area contributed by atoms with E-state index in [1.165, 1.54) is 11.8 Å². The zero-order valence-corrected chi connectivity index (χ0v) is 14.6. The van der Waals surface area contributed by atoms with Crippen molar-refractivity contribution in [3.05, 3.63) is 64.7 Å². The molecule has 0 saturated heterocycles. The number of hydrogen-bond donors (Lipinski definition) is 2. The van der Waals surface area contributed by atoms with Gasteiger partial charge in [-0.1, -0.05) is 41.9 Å². The molecule has 4 nitrogen and oxygen atoms in total. The van der Waals surface area contributed by atoms with Crippen LogP contribution in [0.5, 0.6) is 0 Å². The summed E-state index contributed by atoms with van der Waals surface area (Å²) in [5.74, 6) is 0.244. The minimum absolute atomic E-state index is 0.180. The fraction of sp³-hybridized carbons (Fsp3) is 0.222.